The Labute approximate surface area is 193 Å². The van der Waals surface area contributed by atoms with E-state index in [-0.39, 0.29) is 17.9 Å². The van der Waals surface area contributed by atoms with Gasteiger partial charge in [-0.15, -0.1) is 0 Å². The Bertz CT molecular complexity index is 1170. The second kappa shape index (κ2) is 9.10. The molecule has 3 aromatic rings. The number of aromatic nitrogens is 3. The lowest BCUT2D eigenvalue weighted by atomic mass is 10.0. The molecule has 0 aliphatic carbocycles. The first-order chi connectivity index (χ1) is 16.1. The van der Waals surface area contributed by atoms with Gasteiger partial charge in [-0.3, -0.25) is 19.5 Å². The molecule has 168 valence electrons. The van der Waals surface area contributed by atoms with Gasteiger partial charge in [-0.1, -0.05) is 30.3 Å². The molecule has 1 fully saturated rings. The van der Waals surface area contributed by atoms with Crippen molar-refractivity contribution < 1.29 is 9.59 Å². The summed E-state index contributed by atoms with van der Waals surface area (Å²) in [5, 5.41) is 0. The topological polar surface area (TPSA) is 79.3 Å². The fourth-order valence-corrected chi connectivity index (χ4v) is 4.80. The van der Waals surface area contributed by atoms with Gasteiger partial charge in [-0.25, -0.2) is 9.97 Å². The largest absolute Gasteiger partial charge is 0.328 e. The lowest BCUT2D eigenvalue weighted by Gasteiger charge is -2.31. The summed E-state index contributed by atoms with van der Waals surface area (Å²) in [5.41, 5.74) is 3.69. The summed E-state index contributed by atoms with van der Waals surface area (Å²) in [6.07, 6.45) is 6.86. The first-order valence-electron chi connectivity index (χ1n) is 11.5. The highest BCUT2D eigenvalue weighted by molar-refractivity contribution is 5.96. The molecule has 33 heavy (non-hydrogen) atoms. The maximum Gasteiger partial charge on any atom is 0.256 e. The summed E-state index contributed by atoms with van der Waals surface area (Å²) in [5.74, 6) is 1.38. The number of fused-ring (bicyclic) bond motifs is 1. The number of aryl methyl sites for hydroxylation is 1. The molecule has 1 aromatic carbocycles. The van der Waals surface area contributed by atoms with E-state index in [0.29, 0.717) is 43.1 Å². The predicted molar refractivity (Wildman–Crippen MR) is 125 cm³/mol. The third-order valence-corrected chi connectivity index (χ3v) is 6.54. The number of benzene rings is 1. The van der Waals surface area contributed by atoms with Crippen LogP contribution in [0.4, 0.5) is 5.82 Å². The summed E-state index contributed by atoms with van der Waals surface area (Å²) in [7, 11) is 0. The third-order valence-electron chi connectivity index (χ3n) is 6.54. The summed E-state index contributed by atoms with van der Waals surface area (Å²) in [6, 6.07) is 13.5. The number of nitrogens with zero attached hydrogens (tertiary/aromatic N) is 5. The van der Waals surface area contributed by atoms with Crippen LogP contribution in [0.25, 0.3) is 0 Å². The quantitative estimate of drug-likeness (QED) is 0.604. The highest BCUT2D eigenvalue weighted by atomic mass is 16.2. The monoisotopic (exact) mass is 441 g/mol. The Kier molecular flexibility index (Phi) is 5.86. The molecule has 5 rings (SSSR count). The average molecular weight is 442 g/mol. The van der Waals surface area contributed by atoms with Gasteiger partial charge in [0.25, 0.3) is 5.91 Å². The van der Waals surface area contributed by atoms with Gasteiger partial charge < -0.3 is 4.90 Å². The number of amides is 2. The van der Waals surface area contributed by atoms with Crippen molar-refractivity contribution in [2.45, 2.75) is 45.1 Å². The SMILES string of the molecule is Cc1nc([C@@H]2CCCN2C(=O)c2cccnc2)nc2c1CCC(=O)N2CCc1ccccc1. The smallest absolute Gasteiger partial charge is 0.256 e. The summed E-state index contributed by atoms with van der Waals surface area (Å²) in [4.78, 5) is 43.5. The molecule has 2 aliphatic rings. The molecule has 1 atom stereocenters. The predicted octanol–water partition coefficient (Wildman–Crippen LogP) is 3.68. The molecular formula is C26H27N5O2. The molecule has 0 spiro atoms. The van der Waals surface area contributed by atoms with E-state index in [1.54, 1.807) is 24.5 Å². The van der Waals surface area contributed by atoms with Crippen molar-refractivity contribution in [2.75, 3.05) is 18.0 Å². The highest BCUT2D eigenvalue weighted by Gasteiger charge is 2.35. The van der Waals surface area contributed by atoms with Crippen LogP contribution in [0.15, 0.2) is 54.9 Å². The van der Waals surface area contributed by atoms with Crippen molar-refractivity contribution in [3.8, 4) is 0 Å². The molecule has 0 saturated carbocycles. The number of anilines is 1. The normalized spacial score (nSPS) is 17.8. The second-order valence-corrected chi connectivity index (χ2v) is 8.65. The molecule has 7 heteroatoms. The standard InChI is InChI=1S/C26H27N5O2/c1-18-21-11-12-23(32)31(16-13-19-7-3-2-4-8-19)25(21)29-24(28-18)22-10-6-15-30(22)26(33)20-9-5-14-27-17-20/h2-5,7-9,14,17,22H,6,10-13,15-16H2,1H3/t22-/m0/s1. The van der Waals surface area contributed by atoms with Gasteiger partial charge in [0.2, 0.25) is 5.91 Å². The van der Waals surface area contributed by atoms with E-state index in [0.717, 1.165) is 30.5 Å². The van der Waals surface area contributed by atoms with Crippen LogP contribution in [0, 0.1) is 6.92 Å². The zero-order chi connectivity index (χ0) is 22.8. The van der Waals surface area contributed by atoms with Gasteiger partial charge in [-0.2, -0.15) is 0 Å². The number of carbonyl (C=O) groups excluding carboxylic acids is 2. The van der Waals surface area contributed by atoms with E-state index in [1.165, 1.54) is 5.56 Å². The van der Waals surface area contributed by atoms with Crippen LogP contribution in [0.1, 0.15) is 58.3 Å². The number of carbonyl (C=O) groups is 2. The summed E-state index contributed by atoms with van der Waals surface area (Å²) < 4.78 is 0. The Balaban J connectivity index is 1.45. The van der Waals surface area contributed by atoms with Gasteiger partial charge >= 0.3 is 0 Å². The Morgan fingerprint density at radius 1 is 1.09 bits per heavy atom. The fourth-order valence-electron chi connectivity index (χ4n) is 4.80. The maximum absolute atomic E-state index is 13.1. The molecule has 2 aliphatic heterocycles. The summed E-state index contributed by atoms with van der Waals surface area (Å²) in [6.45, 7) is 3.22. The second-order valence-electron chi connectivity index (χ2n) is 8.65. The van der Waals surface area contributed by atoms with E-state index >= 15 is 0 Å². The first kappa shape index (κ1) is 21.2. The van der Waals surface area contributed by atoms with Crippen molar-refractivity contribution in [1.82, 2.24) is 19.9 Å². The molecule has 0 unspecified atom stereocenters. The van der Waals surface area contributed by atoms with Gasteiger partial charge in [0, 0.05) is 43.2 Å². The zero-order valence-corrected chi connectivity index (χ0v) is 18.8. The molecule has 7 nitrogen and oxygen atoms in total. The van der Waals surface area contributed by atoms with Crippen molar-refractivity contribution in [3.63, 3.8) is 0 Å². The first-order valence-corrected chi connectivity index (χ1v) is 11.5. The molecule has 0 bridgehead atoms. The third kappa shape index (κ3) is 4.23. The van der Waals surface area contributed by atoms with Crippen LogP contribution >= 0.6 is 0 Å². The van der Waals surface area contributed by atoms with Crippen LogP contribution in [0.3, 0.4) is 0 Å². The van der Waals surface area contributed by atoms with E-state index in [1.807, 2.05) is 34.9 Å². The average Bonchev–Trinajstić information content (AvgIpc) is 3.34. The van der Waals surface area contributed by atoms with Crippen LogP contribution in [0.5, 0.6) is 0 Å². The molecule has 0 radical (unpaired) electrons. The van der Waals surface area contributed by atoms with Crippen LogP contribution in [-0.4, -0.2) is 44.8 Å². The van der Waals surface area contributed by atoms with Crippen molar-refractivity contribution in [1.29, 1.82) is 0 Å². The molecule has 2 aromatic heterocycles. The van der Waals surface area contributed by atoms with Crippen molar-refractivity contribution in [2.24, 2.45) is 0 Å². The maximum atomic E-state index is 13.1. The van der Waals surface area contributed by atoms with E-state index in [4.69, 9.17) is 9.97 Å². The van der Waals surface area contributed by atoms with Crippen LogP contribution in [0.2, 0.25) is 0 Å². The number of pyridine rings is 1. The molecule has 1 saturated heterocycles. The van der Waals surface area contributed by atoms with Gasteiger partial charge in [0.1, 0.15) is 5.82 Å². The van der Waals surface area contributed by atoms with Crippen LogP contribution < -0.4 is 4.90 Å². The van der Waals surface area contributed by atoms with E-state index in [9.17, 15) is 9.59 Å². The van der Waals surface area contributed by atoms with Crippen molar-refractivity contribution in [3.05, 3.63) is 83.1 Å². The number of hydrogen-bond acceptors (Lipinski definition) is 5. The highest BCUT2D eigenvalue weighted by Crippen LogP contribution is 2.35. The Morgan fingerprint density at radius 3 is 2.73 bits per heavy atom. The fraction of sp³-hybridized carbons (Fsp3) is 0.346. The minimum Gasteiger partial charge on any atom is -0.328 e. The van der Waals surface area contributed by atoms with Gasteiger partial charge in [0.05, 0.1) is 11.6 Å². The minimum atomic E-state index is -0.199. The number of hydrogen-bond donors (Lipinski definition) is 0. The molecule has 0 N–H and O–H groups in total. The zero-order valence-electron chi connectivity index (χ0n) is 18.8. The lowest BCUT2D eigenvalue weighted by Crippen LogP contribution is -2.39. The Morgan fingerprint density at radius 2 is 1.94 bits per heavy atom. The van der Waals surface area contributed by atoms with E-state index in [2.05, 4.69) is 17.1 Å². The van der Waals surface area contributed by atoms with Gasteiger partial charge in [-0.05, 0) is 50.3 Å². The Hall–Kier alpha value is -3.61. The van der Waals surface area contributed by atoms with Crippen LogP contribution in [-0.2, 0) is 17.6 Å². The lowest BCUT2D eigenvalue weighted by molar-refractivity contribution is -0.118. The minimum absolute atomic E-state index is 0.0541. The molecular weight excluding hydrogens is 414 g/mol. The number of likely N-dealkylation sites (tertiary alicyclic amines) is 1. The molecule has 4 heterocycles. The summed E-state index contributed by atoms with van der Waals surface area (Å²) >= 11 is 0. The number of rotatable bonds is 5. The molecule has 2 amide bonds. The van der Waals surface area contributed by atoms with Crippen molar-refractivity contribution >= 4 is 17.6 Å². The van der Waals surface area contributed by atoms with E-state index < -0.39 is 0 Å². The van der Waals surface area contributed by atoms with Gasteiger partial charge in [0.15, 0.2) is 5.82 Å².